The molecule has 2 unspecified atom stereocenters. The molecule has 0 spiro atoms. The van der Waals surface area contributed by atoms with Crippen LogP contribution in [0.15, 0.2) is 0 Å². The molecule has 0 fully saturated rings. The van der Waals surface area contributed by atoms with Crippen LogP contribution in [0, 0.1) is 0 Å². The highest BCUT2D eigenvalue weighted by molar-refractivity contribution is 5.71. The van der Waals surface area contributed by atoms with E-state index in [0.717, 1.165) is 0 Å². The standard InChI is InChI=1S/C5H10O5.C3H6O3/c6-1-4(7)2-10-3-5(8)9;1-2(4)3(5)6/h4,6-7H,1-3H2,(H,8,9);2,4H,1H3,(H,5,6). The molecule has 5 N–H and O–H groups in total. The van der Waals surface area contributed by atoms with Gasteiger partial charge in [0.2, 0.25) is 0 Å². The molecular weight excluding hydrogens is 224 g/mol. The van der Waals surface area contributed by atoms with Crippen molar-refractivity contribution < 1.29 is 39.9 Å². The molecule has 96 valence electrons. The van der Waals surface area contributed by atoms with E-state index in [1.54, 1.807) is 0 Å². The van der Waals surface area contributed by atoms with E-state index in [0.29, 0.717) is 0 Å². The number of carboxylic acid groups (broad SMARTS) is 2. The highest BCUT2D eigenvalue weighted by Gasteiger charge is 2.02. The highest BCUT2D eigenvalue weighted by Crippen LogP contribution is 1.82. The SMILES string of the molecule is CC(O)C(=O)O.O=C(O)COCC(O)CO. The first-order chi connectivity index (χ1) is 7.31. The van der Waals surface area contributed by atoms with Crippen molar-refractivity contribution in [1.29, 1.82) is 0 Å². The molecule has 0 aliphatic rings. The van der Waals surface area contributed by atoms with Gasteiger partial charge in [-0.2, -0.15) is 0 Å². The van der Waals surface area contributed by atoms with Gasteiger partial charge >= 0.3 is 11.9 Å². The molecule has 0 radical (unpaired) electrons. The molecule has 0 aliphatic heterocycles. The van der Waals surface area contributed by atoms with Crippen molar-refractivity contribution in [2.75, 3.05) is 19.8 Å². The minimum Gasteiger partial charge on any atom is -0.480 e. The van der Waals surface area contributed by atoms with Crippen LogP contribution in [0.2, 0.25) is 0 Å². The van der Waals surface area contributed by atoms with Gasteiger partial charge in [0.05, 0.1) is 13.2 Å². The largest absolute Gasteiger partial charge is 0.480 e. The summed E-state index contributed by atoms with van der Waals surface area (Å²) in [5, 5.41) is 40.6. The quantitative estimate of drug-likeness (QED) is 0.355. The monoisotopic (exact) mass is 240 g/mol. The van der Waals surface area contributed by atoms with Crippen molar-refractivity contribution in [3.8, 4) is 0 Å². The molecule has 0 bridgehead atoms. The van der Waals surface area contributed by atoms with Gasteiger partial charge in [-0.3, -0.25) is 0 Å². The maximum atomic E-state index is 9.80. The Morgan fingerprint density at radius 3 is 1.94 bits per heavy atom. The summed E-state index contributed by atoms with van der Waals surface area (Å²) in [5.74, 6) is -2.28. The van der Waals surface area contributed by atoms with E-state index in [-0.39, 0.29) is 6.61 Å². The Kier molecular flexibility index (Phi) is 11.1. The summed E-state index contributed by atoms with van der Waals surface area (Å²) in [6, 6.07) is 0. The summed E-state index contributed by atoms with van der Waals surface area (Å²) in [7, 11) is 0. The molecule has 8 nitrogen and oxygen atoms in total. The van der Waals surface area contributed by atoms with Crippen molar-refractivity contribution in [3.63, 3.8) is 0 Å². The Labute approximate surface area is 91.7 Å². The smallest absolute Gasteiger partial charge is 0.332 e. The van der Waals surface area contributed by atoms with Crippen LogP contribution in [0.1, 0.15) is 6.92 Å². The predicted molar refractivity (Wildman–Crippen MR) is 50.9 cm³/mol. The first kappa shape index (κ1) is 17.2. The molecule has 8 heteroatoms. The Bertz CT molecular complexity index is 202. The average molecular weight is 240 g/mol. The number of carboxylic acids is 2. The predicted octanol–water partition coefficient (Wildman–Crippen LogP) is -2.11. The van der Waals surface area contributed by atoms with E-state index in [4.69, 9.17) is 25.5 Å². The molecule has 0 saturated heterocycles. The van der Waals surface area contributed by atoms with Crippen molar-refractivity contribution in [3.05, 3.63) is 0 Å². The van der Waals surface area contributed by atoms with Gasteiger partial charge in [0.25, 0.3) is 0 Å². The zero-order chi connectivity index (χ0) is 13.1. The number of rotatable bonds is 6. The van der Waals surface area contributed by atoms with Crippen LogP contribution in [0.5, 0.6) is 0 Å². The topological polar surface area (TPSA) is 145 Å². The third-order valence-electron chi connectivity index (χ3n) is 1.10. The van der Waals surface area contributed by atoms with Crippen LogP contribution in [0.25, 0.3) is 0 Å². The van der Waals surface area contributed by atoms with Gasteiger partial charge in [-0.1, -0.05) is 0 Å². The van der Waals surface area contributed by atoms with E-state index in [1.807, 2.05) is 0 Å². The summed E-state index contributed by atoms with van der Waals surface area (Å²) in [5.41, 5.74) is 0. The molecule has 0 heterocycles. The third-order valence-corrected chi connectivity index (χ3v) is 1.10. The van der Waals surface area contributed by atoms with Gasteiger partial charge in [-0.15, -0.1) is 0 Å². The lowest BCUT2D eigenvalue weighted by molar-refractivity contribution is -0.145. The van der Waals surface area contributed by atoms with E-state index < -0.39 is 37.4 Å². The van der Waals surface area contributed by atoms with Gasteiger partial charge < -0.3 is 30.3 Å². The van der Waals surface area contributed by atoms with Gasteiger partial charge in [0.1, 0.15) is 18.8 Å². The van der Waals surface area contributed by atoms with Crippen LogP contribution in [0.4, 0.5) is 0 Å². The second kappa shape index (κ2) is 10.3. The molecule has 0 amide bonds. The van der Waals surface area contributed by atoms with Crippen molar-refractivity contribution in [1.82, 2.24) is 0 Å². The van der Waals surface area contributed by atoms with Gasteiger partial charge in [0.15, 0.2) is 0 Å². The molecule has 0 aromatic rings. The number of hydrogen-bond acceptors (Lipinski definition) is 6. The zero-order valence-corrected chi connectivity index (χ0v) is 8.74. The first-order valence-corrected chi connectivity index (χ1v) is 4.30. The Balaban J connectivity index is 0. The van der Waals surface area contributed by atoms with Crippen molar-refractivity contribution >= 4 is 11.9 Å². The maximum Gasteiger partial charge on any atom is 0.332 e. The minimum atomic E-state index is -1.23. The zero-order valence-electron chi connectivity index (χ0n) is 8.74. The van der Waals surface area contributed by atoms with E-state index in [1.165, 1.54) is 6.92 Å². The normalized spacial score (nSPS) is 13.2. The fourth-order valence-electron chi connectivity index (χ4n) is 0.335. The number of carbonyl (C=O) groups is 2. The fraction of sp³-hybridized carbons (Fsp3) is 0.750. The van der Waals surface area contributed by atoms with Crippen LogP contribution < -0.4 is 0 Å². The Morgan fingerprint density at radius 2 is 1.69 bits per heavy atom. The lowest BCUT2D eigenvalue weighted by atomic mass is 10.4. The Morgan fingerprint density at radius 1 is 1.25 bits per heavy atom. The molecule has 0 saturated carbocycles. The van der Waals surface area contributed by atoms with Crippen LogP contribution in [-0.2, 0) is 14.3 Å². The lowest BCUT2D eigenvalue weighted by Gasteiger charge is -2.04. The number of hydrogen-bond donors (Lipinski definition) is 5. The van der Waals surface area contributed by atoms with Crippen LogP contribution in [0.3, 0.4) is 0 Å². The summed E-state index contributed by atoms with van der Waals surface area (Å²) in [6.45, 7) is 0.182. The highest BCUT2D eigenvalue weighted by atomic mass is 16.5. The number of aliphatic hydroxyl groups excluding tert-OH is 3. The second-order valence-corrected chi connectivity index (χ2v) is 2.76. The number of aliphatic hydroxyl groups is 3. The first-order valence-electron chi connectivity index (χ1n) is 4.30. The molecular formula is C8H16O8. The molecule has 0 aromatic carbocycles. The maximum absolute atomic E-state index is 9.80. The summed E-state index contributed by atoms with van der Waals surface area (Å²) in [6.07, 6.45) is -2.22. The van der Waals surface area contributed by atoms with E-state index in [9.17, 15) is 9.59 Å². The number of ether oxygens (including phenoxy) is 1. The van der Waals surface area contributed by atoms with Crippen LogP contribution in [-0.4, -0.2) is 69.5 Å². The lowest BCUT2D eigenvalue weighted by Crippen LogP contribution is -2.21. The summed E-state index contributed by atoms with van der Waals surface area (Å²) in [4.78, 5) is 19.2. The van der Waals surface area contributed by atoms with Crippen molar-refractivity contribution in [2.45, 2.75) is 19.1 Å². The molecule has 0 rings (SSSR count). The summed E-state index contributed by atoms with van der Waals surface area (Å²) >= 11 is 0. The van der Waals surface area contributed by atoms with Crippen LogP contribution >= 0.6 is 0 Å². The van der Waals surface area contributed by atoms with Gasteiger partial charge in [0, 0.05) is 0 Å². The van der Waals surface area contributed by atoms with Gasteiger partial charge in [-0.25, -0.2) is 9.59 Å². The van der Waals surface area contributed by atoms with Crippen molar-refractivity contribution in [2.24, 2.45) is 0 Å². The molecule has 16 heavy (non-hydrogen) atoms. The average Bonchev–Trinajstić information content (AvgIpc) is 2.17. The molecule has 2 atom stereocenters. The number of aliphatic carboxylic acids is 2. The van der Waals surface area contributed by atoms with Gasteiger partial charge in [-0.05, 0) is 6.92 Å². The molecule has 0 aliphatic carbocycles. The fourth-order valence-corrected chi connectivity index (χ4v) is 0.335. The van der Waals surface area contributed by atoms with E-state index >= 15 is 0 Å². The minimum absolute atomic E-state index is 0.150. The summed E-state index contributed by atoms with van der Waals surface area (Å²) < 4.78 is 4.44. The third kappa shape index (κ3) is 15.3. The Hall–Kier alpha value is -1.22. The van der Waals surface area contributed by atoms with E-state index in [2.05, 4.69) is 4.74 Å². The second-order valence-electron chi connectivity index (χ2n) is 2.76. The molecule has 0 aromatic heterocycles.